The van der Waals surface area contributed by atoms with E-state index in [1.165, 1.54) is 7.11 Å². The Labute approximate surface area is 152 Å². The van der Waals surface area contributed by atoms with E-state index in [1.54, 1.807) is 0 Å². The maximum atomic E-state index is 14.1. The van der Waals surface area contributed by atoms with Crippen LogP contribution in [0.15, 0.2) is 12.1 Å². The van der Waals surface area contributed by atoms with E-state index in [4.69, 9.17) is 4.74 Å². The van der Waals surface area contributed by atoms with Crippen molar-refractivity contribution in [1.29, 1.82) is 0 Å². The van der Waals surface area contributed by atoms with Gasteiger partial charge >= 0.3 is 12.1 Å². The molecule has 0 spiro atoms. The molecule has 4 fully saturated rings. The monoisotopic (exact) mass is 390 g/mol. The van der Waals surface area contributed by atoms with Crippen molar-refractivity contribution in [2.45, 2.75) is 43.9 Å². The van der Waals surface area contributed by atoms with Gasteiger partial charge in [0.15, 0.2) is 11.6 Å². The summed E-state index contributed by atoms with van der Waals surface area (Å²) in [6.45, 7) is 0. The molecule has 3 nitrogen and oxygen atoms in total. The Morgan fingerprint density at radius 3 is 2.26 bits per heavy atom. The van der Waals surface area contributed by atoms with E-state index in [0.29, 0.717) is 25.3 Å². The summed E-state index contributed by atoms with van der Waals surface area (Å²) in [5.74, 6) is -5.20. The summed E-state index contributed by atoms with van der Waals surface area (Å²) in [4.78, 5) is 12.3. The number of hydrogen-bond acceptors (Lipinski definition) is 3. The molecule has 4 aliphatic carbocycles. The van der Waals surface area contributed by atoms with Crippen LogP contribution in [0.25, 0.3) is 0 Å². The minimum atomic E-state index is -5.15. The molecule has 4 saturated carbocycles. The molecule has 0 amide bonds. The lowest BCUT2D eigenvalue weighted by atomic mass is 9.43. The molecule has 2 atom stereocenters. The number of hydrogen-bond donors (Lipinski definition) is 1. The summed E-state index contributed by atoms with van der Waals surface area (Å²) in [5, 5.41) is 11.4. The maximum Gasteiger partial charge on any atom is 0.419 e. The van der Waals surface area contributed by atoms with Crippen LogP contribution in [0.4, 0.5) is 22.0 Å². The highest BCUT2D eigenvalue weighted by Gasteiger charge is 2.66. The van der Waals surface area contributed by atoms with Crippen LogP contribution in [0, 0.1) is 34.8 Å². The van der Waals surface area contributed by atoms with Crippen molar-refractivity contribution in [1.82, 2.24) is 0 Å². The van der Waals surface area contributed by atoms with Crippen LogP contribution in [0.2, 0.25) is 0 Å². The van der Waals surface area contributed by atoms with Crippen LogP contribution < -0.4 is 0 Å². The van der Waals surface area contributed by atoms with E-state index in [-0.39, 0.29) is 18.8 Å². The summed E-state index contributed by atoms with van der Waals surface area (Å²) in [6, 6.07) is 1.47. The molecular formula is C19H19F5O3. The molecule has 2 unspecified atom stereocenters. The lowest BCUT2D eigenvalue weighted by Crippen LogP contribution is -2.61. The van der Waals surface area contributed by atoms with Crippen molar-refractivity contribution in [2.75, 3.05) is 7.11 Å². The SMILES string of the molecule is COC(=O)C12CC3CC(C1)C(O)(c1ccc(F)c(F)c1C(F)(F)F)C(C3)C2. The number of alkyl halides is 3. The molecule has 4 aliphatic rings. The number of carbonyl (C=O) groups excluding carboxylic acids is 1. The second kappa shape index (κ2) is 5.65. The lowest BCUT2D eigenvalue weighted by molar-refractivity contribution is -0.221. The molecule has 4 bridgehead atoms. The molecule has 27 heavy (non-hydrogen) atoms. The van der Waals surface area contributed by atoms with E-state index in [9.17, 15) is 31.9 Å². The van der Waals surface area contributed by atoms with Gasteiger partial charge in [-0.3, -0.25) is 4.79 Å². The predicted molar refractivity (Wildman–Crippen MR) is 83.3 cm³/mol. The fourth-order valence-corrected chi connectivity index (χ4v) is 6.05. The fraction of sp³-hybridized carbons (Fsp3) is 0.632. The number of ether oxygens (including phenoxy) is 1. The van der Waals surface area contributed by atoms with Crippen molar-refractivity contribution in [3.8, 4) is 0 Å². The highest BCUT2D eigenvalue weighted by Crippen LogP contribution is 2.67. The topological polar surface area (TPSA) is 46.5 Å². The van der Waals surface area contributed by atoms with Gasteiger partial charge in [-0.1, -0.05) is 6.07 Å². The zero-order chi connectivity index (χ0) is 19.8. The van der Waals surface area contributed by atoms with Gasteiger partial charge in [-0.25, -0.2) is 8.78 Å². The molecule has 0 heterocycles. The third kappa shape index (κ3) is 2.45. The summed E-state index contributed by atoms with van der Waals surface area (Å²) >= 11 is 0. The minimum absolute atomic E-state index is 0.0986. The quantitative estimate of drug-likeness (QED) is 0.609. The Kier molecular flexibility index (Phi) is 3.91. The Hall–Kier alpha value is -1.70. The first kappa shape index (κ1) is 18.7. The normalized spacial score (nSPS) is 37.5. The molecule has 0 aromatic heterocycles. The van der Waals surface area contributed by atoms with Crippen LogP contribution in [0.3, 0.4) is 0 Å². The zero-order valence-corrected chi connectivity index (χ0v) is 14.6. The molecule has 5 rings (SSSR count). The van der Waals surface area contributed by atoms with Crippen LogP contribution in [-0.2, 0) is 21.3 Å². The first-order valence-corrected chi connectivity index (χ1v) is 8.89. The zero-order valence-electron chi connectivity index (χ0n) is 14.6. The number of halogens is 5. The number of esters is 1. The van der Waals surface area contributed by atoms with Crippen LogP contribution in [0.5, 0.6) is 0 Å². The molecule has 8 heteroatoms. The first-order valence-electron chi connectivity index (χ1n) is 8.89. The fourth-order valence-electron chi connectivity index (χ4n) is 6.05. The van der Waals surface area contributed by atoms with Gasteiger partial charge in [-0.2, -0.15) is 13.2 Å². The van der Waals surface area contributed by atoms with Gasteiger partial charge in [0.05, 0.1) is 18.1 Å². The van der Waals surface area contributed by atoms with Gasteiger partial charge in [0.25, 0.3) is 0 Å². The molecule has 0 aliphatic heterocycles. The highest BCUT2D eigenvalue weighted by molar-refractivity contribution is 5.77. The van der Waals surface area contributed by atoms with Crippen molar-refractivity contribution >= 4 is 5.97 Å². The van der Waals surface area contributed by atoms with Gasteiger partial charge < -0.3 is 9.84 Å². The second-order valence-corrected chi connectivity index (χ2v) is 8.22. The molecule has 1 aromatic carbocycles. The summed E-state index contributed by atoms with van der Waals surface area (Å²) in [5.41, 5.74) is -5.13. The summed E-state index contributed by atoms with van der Waals surface area (Å²) in [6.07, 6.45) is -3.30. The lowest BCUT2D eigenvalue weighted by Gasteiger charge is -2.62. The first-order chi connectivity index (χ1) is 12.5. The van der Waals surface area contributed by atoms with E-state index in [1.807, 2.05) is 0 Å². The smallest absolute Gasteiger partial charge is 0.419 e. The standard InChI is InChI=1S/C19H19F5O3/c1-27-16(25)17-6-9-4-10(7-17)18(26,11(5-9)8-17)12-2-3-13(20)15(21)14(12)19(22,23)24/h2-3,9-11,26H,4-8H2,1H3. The maximum absolute atomic E-state index is 14.1. The van der Waals surface area contributed by atoms with E-state index in [2.05, 4.69) is 0 Å². The van der Waals surface area contributed by atoms with Crippen molar-refractivity contribution < 1.29 is 36.6 Å². The third-order valence-electron chi connectivity index (χ3n) is 6.86. The van der Waals surface area contributed by atoms with Crippen molar-refractivity contribution in [3.63, 3.8) is 0 Å². The summed E-state index contributed by atoms with van der Waals surface area (Å²) in [7, 11) is 1.27. The van der Waals surface area contributed by atoms with Crippen molar-refractivity contribution in [3.05, 3.63) is 34.9 Å². The molecule has 1 aromatic rings. The average molecular weight is 390 g/mol. The Morgan fingerprint density at radius 2 is 1.74 bits per heavy atom. The molecule has 0 radical (unpaired) electrons. The Balaban J connectivity index is 1.85. The number of benzene rings is 1. The number of rotatable bonds is 2. The molecular weight excluding hydrogens is 371 g/mol. The second-order valence-electron chi connectivity index (χ2n) is 8.22. The van der Waals surface area contributed by atoms with E-state index in [0.717, 1.165) is 6.07 Å². The average Bonchev–Trinajstić information content (AvgIpc) is 2.59. The van der Waals surface area contributed by atoms with Crippen molar-refractivity contribution in [2.24, 2.45) is 23.2 Å². The van der Waals surface area contributed by atoms with Gasteiger partial charge in [-0.15, -0.1) is 0 Å². The summed E-state index contributed by atoms with van der Waals surface area (Å²) < 4.78 is 73.2. The molecule has 0 saturated heterocycles. The number of methoxy groups -OCH3 is 1. The third-order valence-corrected chi connectivity index (χ3v) is 6.86. The van der Waals surface area contributed by atoms with Crippen LogP contribution in [-0.4, -0.2) is 18.2 Å². The number of aliphatic hydroxyl groups is 1. The Morgan fingerprint density at radius 1 is 1.15 bits per heavy atom. The van der Waals surface area contributed by atoms with E-state index >= 15 is 0 Å². The minimum Gasteiger partial charge on any atom is -0.469 e. The molecule has 148 valence electrons. The van der Waals surface area contributed by atoms with Gasteiger partial charge in [0.1, 0.15) is 5.56 Å². The largest absolute Gasteiger partial charge is 0.469 e. The van der Waals surface area contributed by atoms with Crippen LogP contribution in [0.1, 0.15) is 43.2 Å². The van der Waals surface area contributed by atoms with Crippen LogP contribution >= 0.6 is 0 Å². The van der Waals surface area contributed by atoms with Gasteiger partial charge in [-0.05, 0) is 61.5 Å². The predicted octanol–water partition coefficient (Wildman–Crippen LogP) is 4.17. The number of carbonyl (C=O) groups is 1. The van der Waals surface area contributed by atoms with E-state index < -0.39 is 57.8 Å². The highest BCUT2D eigenvalue weighted by atomic mass is 19.4. The van der Waals surface area contributed by atoms with Gasteiger partial charge in [0, 0.05) is 0 Å². The Bertz CT molecular complexity index is 787. The van der Waals surface area contributed by atoms with Gasteiger partial charge in [0.2, 0.25) is 0 Å². The molecule has 1 N–H and O–H groups in total.